The first-order chi connectivity index (χ1) is 8.81. The number of para-hydroxylation sites is 1. The second-order valence-corrected chi connectivity index (χ2v) is 5.78. The molecule has 0 radical (unpaired) electrons. The molecule has 0 aliphatic carbocycles. The number of benzene rings is 1. The van der Waals surface area contributed by atoms with Crippen molar-refractivity contribution in [2.45, 2.75) is 6.42 Å². The van der Waals surface area contributed by atoms with Crippen molar-refractivity contribution in [2.24, 2.45) is 0 Å². The molecule has 19 heavy (non-hydrogen) atoms. The van der Waals surface area contributed by atoms with E-state index >= 15 is 0 Å². The van der Waals surface area contributed by atoms with E-state index in [4.69, 9.17) is 0 Å². The highest BCUT2D eigenvalue weighted by molar-refractivity contribution is 7.88. The maximum Gasteiger partial charge on any atom is 0.255 e. The second kappa shape index (κ2) is 6.39. The Morgan fingerprint density at radius 3 is 2.58 bits per heavy atom. The molecule has 4 N–H and O–H groups in total. The average molecular weight is 288 g/mol. The van der Waals surface area contributed by atoms with Crippen molar-refractivity contribution in [3.8, 4) is 11.5 Å². The highest BCUT2D eigenvalue weighted by Crippen LogP contribution is 2.27. The topological polar surface area (TPSA) is 116 Å². The van der Waals surface area contributed by atoms with Crippen LogP contribution in [0.15, 0.2) is 18.2 Å². The Morgan fingerprint density at radius 2 is 1.95 bits per heavy atom. The largest absolute Gasteiger partial charge is 0.504 e. The molecule has 7 nitrogen and oxygen atoms in total. The molecule has 1 rings (SSSR count). The minimum Gasteiger partial charge on any atom is -0.504 e. The van der Waals surface area contributed by atoms with Gasteiger partial charge in [-0.3, -0.25) is 4.79 Å². The molecule has 0 aromatic heterocycles. The third-order valence-electron chi connectivity index (χ3n) is 2.26. The van der Waals surface area contributed by atoms with Crippen molar-refractivity contribution in [3.05, 3.63) is 23.8 Å². The van der Waals surface area contributed by atoms with Crippen LogP contribution in [0.3, 0.4) is 0 Å². The SMILES string of the molecule is CS(=O)(=O)NCCCNC(=O)c1cccc(O)c1O. The van der Waals surface area contributed by atoms with E-state index in [2.05, 4.69) is 10.0 Å². The van der Waals surface area contributed by atoms with E-state index in [-0.39, 0.29) is 24.4 Å². The van der Waals surface area contributed by atoms with Gasteiger partial charge in [0, 0.05) is 13.1 Å². The molecular weight excluding hydrogens is 272 g/mol. The third kappa shape index (κ3) is 5.14. The van der Waals surface area contributed by atoms with Crippen molar-refractivity contribution in [1.82, 2.24) is 10.0 Å². The number of aromatic hydroxyl groups is 2. The molecule has 0 aliphatic heterocycles. The fourth-order valence-electron chi connectivity index (χ4n) is 1.36. The average Bonchev–Trinajstić information content (AvgIpc) is 2.30. The van der Waals surface area contributed by atoms with Gasteiger partial charge >= 0.3 is 0 Å². The Labute approximate surface area is 111 Å². The van der Waals surface area contributed by atoms with Crippen molar-refractivity contribution in [2.75, 3.05) is 19.3 Å². The maximum absolute atomic E-state index is 11.7. The molecule has 0 saturated carbocycles. The van der Waals surface area contributed by atoms with Crippen LogP contribution < -0.4 is 10.0 Å². The van der Waals surface area contributed by atoms with E-state index in [9.17, 15) is 23.4 Å². The molecule has 0 bridgehead atoms. The Balaban J connectivity index is 2.42. The van der Waals surface area contributed by atoms with E-state index < -0.39 is 21.7 Å². The van der Waals surface area contributed by atoms with Gasteiger partial charge in [-0.2, -0.15) is 0 Å². The van der Waals surface area contributed by atoms with E-state index in [1.54, 1.807) is 0 Å². The number of carbonyl (C=O) groups excluding carboxylic acids is 1. The molecule has 0 heterocycles. The lowest BCUT2D eigenvalue weighted by Crippen LogP contribution is -2.29. The number of carbonyl (C=O) groups is 1. The fraction of sp³-hybridized carbons (Fsp3) is 0.364. The summed E-state index contributed by atoms with van der Waals surface area (Å²) < 4.78 is 23.8. The van der Waals surface area contributed by atoms with Crippen LogP contribution in [0.1, 0.15) is 16.8 Å². The van der Waals surface area contributed by atoms with Crippen molar-refractivity contribution >= 4 is 15.9 Å². The lowest BCUT2D eigenvalue weighted by atomic mass is 10.1. The first-order valence-electron chi connectivity index (χ1n) is 5.55. The number of rotatable bonds is 6. The minimum atomic E-state index is -3.23. The molecule has 0 spiro atoms. The standard InChI is InChI=1S/C11H16N2O5S/c1-19(17,18)13-7-3-6-12-11(16)8-4-2-5-9(14)10(8)15/h2,4-5,13-15H,3,6-7H2,1H3,(H,12,16). The predicted octanol–water partition coefficient (Wildman–Crippen LogP) is -0.233. The molecule has 1 amide bonds. The highest BCUT2D eigenvalue weighted by Gasteiger charge is 2.13. The number of phenols is 2. The summed E-state index contributed by atoms with van der Waals surface area (Å²) in [5, 5.41) is 21.2. The summed E-state index contributed by atoms with van der Waals surface area (Å²) in [6.45, 7) is 0.460. The Bertz CT molecular complexity index is 556. The van der Waals surface area contributed by atoms with Crippen LogP contribution in [0.4, 0.5) is 0 Å². The number of nitrogens with one attached hydrogen (secondary N) is 2. The smallest absolute Gasteiger partial charge is 0.255 e. The number of amides is 1. The van der Waals surface area contributed by atoms with E-state index in [1.807, 2.05) is 0 Å². The molecule has 0 aliphatic rings. The van der Waals surface area contributed by atoms with Crippen LogP contribution >= 0.6 is 0 Å². The quantitative estimate of drug-likeness (QED) is 0.426. The molecule has 0 fully saturated rings. The van der Waals surface area contributed by atoms with Crippen molar-refractivity contribution in [3.63, 3.8) is 0 Å². The van der Waals surface area contributed by atoms with Crippen LogP contribution in [-0.4, -0.2) is 43.9 Å². The van der Waals surface area contributed by atoms with Gasteiger partial charge in [0.25, 0.3) is 5.91 Å². The van der Waals surface area contributed by atoms with Gasteiger partial charge in [0.1, 0.15) is 0 Å². The second-order valence-electron chi connectivity index (χ2n) is 3.95. The number of hydrogen-bond donors (Lipinski definition) is 4. The summed E-state index contributed by atoms with van der Waals surface area (Å²) in [7, 11) is -3.23. The zero-order valence-electron chi connectivity index (χ0n) is 10.4. The molecule has 1 aromatic carbocycles. The Hall–Kier alpha value is -1.80. The molecule has 1 aromatic rings. The molecule has 0 unspecified atom stereocenters. The molecule has 0 atom stereocenters. The van der Waals surface area contributed by atoms with Gasteiger partial charge in [0.15, 0.2) is 11.5 Å². The fourth-order valence-corrected chi connectivity index (χ4v) is 1.87. The third-order valence-corrected chi connectivity index (χ3v) is 2.99. The van der Waals surface area contributed by atoms with Crippen LogP contribution in [0.5, 0.6) is 11.5 Å². The van der Waals surface area contributed by atoms with Crippen molar-refractivity contribution < 1.29 is 23.4 Å². The van der Waals surface area contributed by atoms with E-state index in [0.29, 0.717) is 6.42 Å². The normalized spacial score (nSPS) is 11.2. The first kappa shape index (κ1) is 15.3. The summed E-state index contributed by atoms with van der Waals surface area (Å²) in [4.78, 5) is 11.7. The summed E-state index contributed by atoms with van der Waals surface area (Å²) in [6.07, 6.45) is 1.47. The van der Waals surface area contributed by atoms with Gasteiger partial charge in [-0.15, -0.1) is 0 Å². The zero-order chi connectivity index (χ0) is 14.5. The van der Waals surface area contributed by atoms with Gasteiger partial charge in [-0.05, 0) is 18.6 Å². The van der Waals surface area contributed by atoms with Gasteiger partial charge in [0.2, 0.25) is 10.0 Å². The summed E-state index contributed by atoms with van der Waals surface area (Å²) in [5.41, 5.74) is -0.0314. The number of sulfonamides is 1. The molecule has 106 valence electrons. The van der Waals surface area contributed by atoms with Crippen LogP contribution in [-0.2, 0) is 10.0 Å². The Kier molecular flexibility index (Phi) is 5.13. The summed E-state index contributed by atoms with van der Waals surface area (Å²) >= 11 is 0. The van der Waals surface area contributed by atoms with Gasteiger partial charge in [0.05, 0.1) is 11.8 Å². The minimum absolute atomic E-state index is 0.0314. The van der Waals surface area contributed by atoms with Gasteiger partial charge < -0.3 is 15.5 Å². The monoisotopic (exact) mass is 288 g/mol. The van der Waals surface area contributed by atoms with E-state index in [0.717, 1.165) is 6.26 Å². The molecular formula is C11H16N2O5S. The lowest BCUT2D eigenvalue weighted by Gasteiger charge is -2.07. The Morgan fingerprint density at radius 1 is 1.26 bits per heavy atom. The molecule has 0 saturated heterocycles. The first-order valence-corrected chi connectivity index (χ1v) is 7.44. The summed E-state index contributed by atoms with van der Waals surface area (Å²) in [5.74, 6) is -1.38. The van der Waals surface area contributed by atoms with E-state index in [1.165, 1.54) is 18.2 Å². The van der Waals surface area contributed by atoms with Crippen LogP contribution in [0.25, 0.3) is 0 Å². The van der Waals surface area contributed by atoms with Gasteiger partial charge in [-0.1, -0.05) is 6.07 Å². The van der Waals surface area contributed by atoms with Crippen LogP contribution in [0, 0.1) is 0 Å². The number of hydrogen-bond acceptors (Lipinski definition) is 5. The van der Waals surface area contributed by atoms with Crippen molar-refractivity contribution in [1.29, 1.82) is 0 Å². The maximum atomic E-state index is 11.7. The highest BCUT2D eigenvalue weighted by atomic mass is 32.2. The predicted molar refractivity (Wildman–Crippen MR) is 69.6 cm³/mol. The van der Waals surface area contributed by atoms with Crippen LogP contribution in [0.2, 0.25) is 0 Å². The zero-order valence-corrected chi connectivity index (χ0v) is 11.2. The lowest BCUT2D eigenvalue weighted by molar-refractivity contribution is 0.0950. The number of phenolic OH excluding ortho intramolecular Hbond substituents is 2. The molecule has 8 heteroatoms. The summed E-state index contributed by atoms with van der Waals surface area (Å²) in [6, 6.07) is 4.08. The van der Waals surface area contributed by atoms with Gasteiger partial charge in [-0.25, -0.2) is 13.1 Å².